The predicted octanol–water partition coefficient (Wildman–Crippen LogP) is 6.02. The summed E-state index contributed by atoms with van der Waals surface area (Å²) in [4.78, 5) is 46.2. The maximum atomic E-state index is 14.8. The summed E-state index contributed by atoms with van der Waals surface area (Å²) in [5.41, 5.74) is 2.10. The van der Waals surface area contributed by atoms with Gasteiger partial charge in [0.15, 0.2) is 17.3 Å². The Morgan fingerprint density at radius 2 is 1.39 bits per heavy atom. The SMILES string of the molecule is COc1cccc(C(=O)[C@H]2[C@H](c3cccc(OC)c3)C3(C(=O)c4ccccc4C3=O)[C@H]3C=Cc4ccccc4N23)c1. The van der Waals surface area contributed by atoms with Gasteiger partial charge in [-0.1, -0.05) is 78.9 Å². The van der Waals surface area contributed by atoms with Gasteiger partial charge in [-0.05, 0) is 41.5 Å². The first-order valence-electron chi connectivity index (χ1n) is 13.6. The number of methoxy groups -OCH3 is 2. The highest BCUT2D eigenvalue weighted by Crippen LogP contribution is 2.61. The summed E-state index contributed by atoms with van der Waals surface area (Å²) in [6.07, 6.45) is 3.89. The average Bonchev–Trinajstić information content (AvgIpc) is 3.47. The normalized spacial score (nSPS) is 21.4. The van der Waals surface area contributed by atoms with E-state index < -0.39 is 23.4 Å². The van der Waals surface area contributed by atoms with E-state index in [1.165, 1.54) is 0 Å². The number of Topliss-reactive ketones (excluding diaryl/α,β-unsaturated/α-hetero) is 3. The number of benzene rings is 4. The zero-order chi connectivity index (χ0) is 28.3. The molecule has 0 bridgehead atoms. The molecule has 1 fully saturated rings. The van der Waals surface area contributed by atoms with Gasteiger partial charge in [-0.2, -0.15) is 0 Å². The fraction of sp³-hybridized carbons (Fsp3) is 0.171. The molecule has 1 spiro atoms. The van der Waals surface area contributed by atoms with Crippen LogP contribution < -0.4 is 14.4 Å². The fourth-order valence-corrected chi connectivity index (χ4v) is 7.07. The molecule has 6 nitrogen and oxygen atoms in total. The van der Waals surface area contributed by atoms with Crippen LogP contribution in [0.25, 0.3) is 6.08 Å². The molecule has 41 heavy (non-hydrogen) atoms. The van der Waals surface area contributed by atoms with Crippen molar-refractivity contribution in [3.8, 4) is 11.5 Å². The lowest BCUT2D eigenvalue weighted by molar-refractivity contribution is 0.0665. The Balaban J connectivity index is 1.55. The van der Waals surface area contributed by atoms with Crippen LogP contribution in [0.4, 0.5) is 5.69 Å². The van der Waals surface area contributed by atoms with Crippen molar-refractivity contribution >= 4 is 29.1 Å². The molecular weight excluding hydrogens is 514 g/mol. The molecule has 0 unspecified atom stereocenters. The van der Waals surface area contributed by atoms with Gasteiger partial charge in [0.1, 0.15) is 23.0 Å². The molecule has 0 N–H and O–H groups in total. The lowest BCUT2D eigenvalue weighted by Gasteiger charge is -2.37. The second kappa shape index (κ2) is 9.30. The van der Waals surface area contributed by atoms with E-state index >= 15 is 0 Å². The van der Waals surface area contributed by atoms with Crippen molar-refractivity contribution in [2.24, 2.45) is 5.41 Å². The molecule has 6 heteroatoms. The molecule has 1 saturated heterocycles. The number of hydrogen-bond acceptors (Lipinski definition) is 6. The fourth-order valence-electron chi connectivity index (χ4n) is 7.07. The third-order valence-electron chi connectivity index (χ3n) is 8.79. The van der Waals surface area contributed by atoms with E-state index in [2.05, 4.69) is 0 Å². The summed E-state index contributed by atoms with van der Waals surface area (Å²) in [6.45, 7) is 0. The van der Waals surface area contributed by atoms with Crippen LogP contribution >= 0.6 is 0 Å². The van der Waals surface area contributed by atoms with E-state index in [-0.39, 0.29) is 17.3 Å². The van der Waals surface area contributed by atoms with Crippen LogP contribution in [-0.2, 0) is 0 Å². The zero-order valence-electron chi connectivity index (χ0n) is 22.6. The number of nitrogens with zero attached hydrogens (tertiary/aromatic N) is 1. The molecule has 2 heterocycles. The van der Waals surface area contributed by atoms with Gasteiger partial charge >= 0.3 is 0 Å². The van der Waals surface area contributed by atoms with E-state index in [4.69, 9.17) is 9.47 Å². The van der Waals surface area contributed by atoms with E-state index in [1.54, 1.807) is 62.8 Å². The number of fused-ring (bicyclic) bond motifs is 5. The molecule has 202 valence electrons. The van der Waals surface area contributed by atoms with Gasteiger partial charge < -0.3 is 14.4 Å². The lowest BCUT2D eigenvalue weighted by atomic mass is 9.64. The molecule has 0 saturated carbocycles. The van der Waals surface area contributed by atoms with Gasteiger partial charge in [0.05, 0.1) is 20.3 Å². The number of ketones is 3. The average molecular weight is 542 g/mol. The Bertz CT molecular complexity index is 1740. The number of carbonyl (C=O) groups is 3. The lowest BCUT2D eigenvalue weighted by Crippen LogP contribution is -2.48. The molecule has 0 radical (unpaired) electrons. The Morgan fingerprint density at radius 3 is 2.10 bits per heavy atom. The quantitative estimate of drug-likeness (QED) is 0.227. The summed E-state index contributed by atoms with van der Waals surface area (Å²) in [5, 5.41) is 0. The molecule has 3 aliphatic rings. The summed E-state index contributed by atoms with van der Waals surface area (Å²) in [5.74, 6) is -0.375. The first kappa shape index (κ1) is 25.0. The van der Waals surface area contributed by atoms with Crippen LogP contribution in [0.5, 0.6) is 11.5 Å². The van der Waals surface area contributed by atoms with Crippen molar-refractivity contribution in [2.45, 2.75) is 18.0 Å². The zero-order valence-corrected chi connectivity index (χ0v) is 22.6. The first-order chi connectivity index (χ1) is 20.0. The molecule has 4 aromatic rings. The topological polar surface area (TPSA) is 72.9 Å². The van der Waals surface area contributed by atoms with E-state index in [0.717, 1.165) is 11.3 Å². The Morgan fingerprint density at radius 1 is 0.756 bits per heavy atom. The summed E-state index contributed by atoms with van der Waals surface area (Å²) >= 11 is 0. The second-order valence-electron chi connectivity index (χ2n) is 10.6. The number of rotatable bonds is 5. The van der Waals surface area contributed by atoms with Crippen molar-refractivity contribution in [1.82, 2.24) is 0 Å². The van der Waals surface area contributed by atoms with E-state index in [9.17, 15) is 14.4 Å². The van der Waals surface area contributed by atoms with Gasteiger partial charge in [-0.3, -0.25) is 14.4 Å². The maximum Gasteiger partial charge on any atom is 0.186 e. The number of carbonyl (C=O) groups excluding carboxylic acids is 3. The Kier molecular flexibility index (Phi) is 5.68. The molecule has 2 aliphatic heterocycles. The third kappa shape index (κ3) is 3.40. The molecule has 7 rings (SSSR count). The molecule has 0 aromatic heterocycles. The molecule has 3 atom stereocenters. The Hall–Kier alpha value is -4.97. The summed E-state index contributed by atoms with van der Waals surface area (Å²) in [6, 6.07) is 27.7. The number of ether oxygens (including phenoxy) is 2. The van der Waals surface area contributed by atoms with Gasteiger partial charge in [-0.15, -0.1) is 0 Å². The second-order valence-corrected chi connectivity index (χ2v) is 10.6. The van der Waals surface area contributed by atoms with Crippen molar-refractivity contribution in [3.05, 3.63) is 131 Å². The van der Waals surface area contributed by atoms with Crippen LogP contribution in [0.1, 0.15) is 48.1 Å². The van der Waals surface area contributed by atoms with Crippen LogP contribution in [0.2, 0.25) is 0 Å². The smallest absolute Gasteiger partial charge is 0.186 e. The first-order valence-corrected chi connectivity index (χ1v) is 13.6. The predicted molar refractivity (Wildman–Crippen MR) is 156 cm³/mol. The van der Waals surface area contributed by atoms with Gasteiger partial charge in [0.25, 0.3) is 0 Å². The van der Waals surface area contributed by atoms with Crippen molar-refractivity contribution in [2.75, 3.05) is 19.1 Å². The highest BCUT2D eigenvalue weighted by atomic mass is 16.5. The minimum Gasteiger partial charge on any atom is -0.497 e. The van der Waals surface area contributed by atoms with Crippen LogP contribution in [-0.4, -0.2) is 43.7 Å². The van der Waals surface area contributed by atoms with Gasteiger partial charge in [0, 0.05) is 28.3 Å². The molecule has 4 aromatic carbocycles. The van der Waals surface area contributed by atoms with E-state index in [1.807, 2.05) is 65.6 Å². The van der Waals surface area contributed by atoms with Crippen LogP contribution in [0.3, 0.4) is 0 Å². The van der Waals surface area contributed by atoms with Crippen molar-refractivity contribution in [1.29, 1.82) is 0 Å². The highest BCUT2D eigenvalue weighted by Gasteiger charge is 2.71. The number of para-hydroxylation sites is 1. The summed E-state index contributed by atoms with van der Waals surface area (Å²) in [7, 11) is 3.13. The standard InChI is InChI=1S/C35H27NO5/c1-40-24-12-7-10-22(19-24)30-31(32(37)23-11-8-13-25(20-23)41-2)36-28-16-6-3-9-21(28)17-18-29(36)35(30)33(38)26-14-4-5-15-27(26)34(35)39/h3-20,29-31H,1-2H3/t29-,30+,31-/m1/s1. The summed E-state index contributed by atoms with van der Waals surface area (Å²) < 4.78 is 11.0. The van der Waals surface area contributed by atoms with E-state index in [0.29, 0.717) is 33.8 Å². The minimum absolute atomic E-state index is 0.194. The van der Waals surface area contributed by atoms with Crippen molar-refractivity contribution in [3.63, 3.8) is 0 Å². The molecule has 0 amide bonds. The van der Waals surface area contributed by atoms with Gasteiger partial charge in [-0.25, -0.2) is 0 Å². The number of hydrogen-bond donors (Lipinski definition) is 0. The molecule has 1 aliphatic carbocycles. The number of anilines is 1. The monoisotopic (exact) mass is 541 g/mol. The van der Waals surface area contributed by atoms with Crippen molar-refractivity contribution < 1.29 is 23.9 Å². The maximum absolute atomic E-state index is 14.8. The highest BCUT2D eigenvalue weighted by molar-refractivity contribution is 6.32. The Labute approximate surface area is 237 Å². The van der Waals surface area contributed by atoms with Crippen LogP contribution in [0.15, 0.2) is 103 Å². The van der Waals surface area contributed by atoms with Gasteiger partial charge in [0.2, 0.25) is 0 Å². The van der Waals surface area contributed by atoms with Crippen LogP contribution in [0, 0.1) is 5.41 Å². The molecular formula is C35H27NO5. The minimum atomic E-state index is -1.56. The third-order valence-corrected chi connectivity index (χ3v) is 8.79. The largest absolute Gasteiger partial charge is 0.497 e.